The maximum Gasteiger partial charge on any atom is 0.244 e. The molecule has 1 aromatic carbocycles. The molecule has 136 valence electrons. The number of piperazine rings is 1. The Bertz CT molecular complexity index is 677. The number of rotatable bonds is 5. The van der Waals surface area contributed by atoms with Crippen molar-refractivity contribution in [1.29, 1.82) is 0 Å². The molecule has 1 amide bonds. The average Bonchev–Trinajstić information content (AvgIpc) is 2.54. The summed E-state index contributed by atoms with van der Waals surface area (Å²) in [5.74, 6) is 0.0252. The minimum atomic E-state index is -3.71. The number of benzene rings is 1. The van der Waals surface area contributed by atoms with Crippen molar-refractivity contribution in [2.75, 3.05) is 39.8 Å². The molecule has 24 heavy (non-hydrogen) atoms. The van der Waals surface area contributed by atoms with Gasteiger partial charge in [-0.3, -0.25) is 4.79 Å². The molecular weight excluding hydrogens is 397 g/mol. The Hall–Kier alpha value is -0.570. The number of hydrogen-bond donors (Lipinski definition) is 1. The molecular formula is C14H20Cl3N3O3S. The Morgan fingerprint density at radius 2 is 1.83 bits per heavy atom. The highest BCUT2D eigenvalue weighted by atomic mass is 35.5. The van der Waals surface area contributed by atoms with Gasteiger partial charge in [0.2, 0.25) is 15.9 Å². The van der Waals surface area contributed by atoms with E-state index in [1.165, 1.54) is 16.4 Å². The standard InChI is InChI=1S/C14H19Cl2N3O3S.ClH/c1-17-5-4-14(20)18-6-8-19(9-7-18)23(21,22)13-10-11(15)2-3-12(13)16;/h2-3,10,17H,4-9H2,1H3;1H. The van der Waals surface area contributed by atoms with Crippen molar-refractivity contribution in [2.45, 2.75) is 11.3 Å². The molecule has 0 radical (unpaired) electrons. The van der Waals surface area contributed by atoms with E-state index in [1.54, 1.807) is 18.0 Å². The third-order valence-corrected chi connectivity index (χ3v) is 6.31. The lowest BCUT2D eigenvalue weighted by Gasteiger charge is -2.34. The molecule has 1 fully saturated rings. The van der Waals surface area contributed by atoms with E-state index in [0.717, 1.165) is 0 Å². The predicted octanol–water partition coefficient (Wildman–Crippen LogP) is 1.86. The molecule has 0 aliphatic carbocycles. The first-order chi connectivity index (χ1) is 10.9. The molecule has 1 heterocycles. The fraction of sp³-hybridized carbons (Fsp3) is 0.500. The van der Waals surface area contributed by atoms with Crippen LogP contribution in [0.15, 0.2) is 23.1 Å². The maximum atomic E-state index is 12.7. The Labute approximate surface area is 158 Å². The lowest BCUT2D eigenvalue weighted by Crippen LogP contribution is -2.50. The van der Waals surface area contributed by atoms with Crippen molar-refractivity contribution < 1.29 is 13.2 Å². The summed E-state index contributed by atoms with van der Waals surface area (Å²) in [6.07, 6.45) is 0.406. The van der Waals surface area contributed by atoms with Crippen LogP contribution in [-0.4, -0.2) is 63.3 Å². The van der Waals surface area contributed by atoms with E-state index >= 15 is 0 Å². The highest BCUT2D eigenvalue weighted by Crippen LogP contribution is 2.28. The number of sulfonamides is 1. The number of nitrogens with one attached hydrogen (secondary N) is 1. The van der Waals surface area contributed by atoms with Crippen molar-refractivity contribution in [3.63, 3.8) is 0 Å². The molecule has 1 N–H and O–H groups in total. The quantitative estimate of drug-likeness (QED) is 0.795. The fourth-order valence-corrected chi connectivity index (χ4v) is 4.54. The van der Waals surface area contributed by atoms with E-state index in [-0.39, 0.29) is 41.3 Å². The lowest BCUT2D eigenvalue weighted by atomic mass is 10.3. The van der Waals surface area contributed by atoms with Gasteiger partial charge in [-0.25, -0.2) is 8.42 Å². The molecule has 1 aromatic rings. The molecule has 10 heteroatoms. The zero-order valence-electron chi connectivity index (χ0n) is 13.2. The summed E-state index contributed by atoms with van der Waals surface area (Å²) >= 11 is 11.9. The van der Waals surface area contributed by atoms with Crippen molar-refractivity contribution in [1.82, 2.24) is 14.5 Å². The van der Waals surface area contributed by atoms with Gasteiger partial charge in [0.25, 0.3) is 0 Å². The van der Waals surface area contributed by atoms with E-state index in [0.29, 0.717) is 31.1 Å². The number of nitrogens with zero attached hydrogens (tertiary/aromatic N) is 2. The van der Waals surface area contributed by atoms with Gasteiger partial charge in [-0.05, 0) is 25.2 Å². The first-order valence-corrected chi connectivity index (χ1v) is 9.43. The van der Waals surface area contributed by atoms with Gasteiger partial charge in [0.1, 0.15) is 4.90 Å². The number of amides is 1. The highest BCUT2D eigenvalue weighted by Gasteiger charge is 2.31. The Morgan fingerprint density at radius 1 is 1.21 bits per heavy atom. The second-order valence-corrected chi connectivity index (χ2v) is 7.96. The molecule has 1 aliphatic rings. The van der Waals surface area contributed by atoms with Crippen LogP contribution in [0.1, 0.15) is 6.42 Å². The monoisotopic (exact) mass is 415 g/mol. The van der Waals surface area contributed by atoms with Crippen LogP contribution in [0.25, 0.3) is 0 Å². The van der Waals surface area contributed by atoms with Crippen LogP contribution in [0.5, 0.6) is 0 Å². The van der Waals surface area contributed by atoms with Crippen LogP contribution in [0.4, 0.5) is 0 Å². The van der Waals surface area contributed by atoms with E-state index < -0.39 is 10.0 Å². The molecule has 1 aliphatic heterocycles. The maximum absolute atomic E-state index is 12.7. The summed E-state index contributed by atoms with van der Waals surface area (Å²) in [6.45, 7) is 1.85. The summed E-state index contributed by atoms with van der Waals surface area (Å²) in [5, 5.41) is 3.38. The average molecular weight is 417 g/mol. The van der Waals surface area contributed by atoms with Crippen LogP contribution in [0, 0.1) is 0 Å². The van der Waals surface area contributed by atoms with Gasteiger partial charge in [-0.1, -0.05) is 23.2 Å². The summed E-state index contributed by atoms with van der Waals surface area (Å²) < 4.78 is 26.7. The Kier molecular flexibility index (Phi) is 8.25. The summed E-state index contributed by atoms with van der Waals surface area (Å²) in [5.41, 5.74) is 0. The van der Waals surface area contributed by atoms with E-state index in [9.17, 15) is 13.2 Å². The zero-order valence-corrected chi connectivity index (χ0v) is 16.3. The normalized spacial score (nSPS) is 15.9. The van der Waals surface area contributed by atoms with Crippen LogP contribution in [0.2, 0.25) is 10.0 Å². The van der Waals surface area contributed by atoms with Gasteiger partial charge in [-0.2, -0.15) is 4.31 Å². The fourth-order valence-electron chi connectivity index (χ4n) is 2.38. The van der Waals surface area contributed by atoms with Crippen molar-refractivity contribution in [3.8, 4) is 0 Å². The topological polar surface area (TPSA) is 69.7 Å². The third-order valence-electron chi connectivity index (χ3n) is 3.69. The van der Waals surface area contributed by atoms with Gasteiger partial charge in [0.05, 0.1) is 5.02 Å². The Morgan fingerprint density at radius 3 is 2.42 bits per heavy atom. The van der Waals surface area contributed by atoms with E-state index in [2.05, 4.69) is 5.32 Å². The Balaban J connectivity index is 0.00000288. The van der Waals surface area contributed by atoms with Crippen LogP contribution < -0.4 is 5.32 Å². The first kappa shape index (κ1) is 21.5. The lowest BCUT2D eigenvalue weighted by molar-refractivity contribution is -0.132. The second-order valence-electron chi connectivity index (χ2n) is 5.21. The van der Waals surface area contributed by atoms with E-state index in [1.807, 2.05) is 0 Å². The highest BCUT2D eigenvalue weighted by molar-refractivity contribution is 7.89. The zero-order chi connectivity index (χ0) is 17.0. The molecule has 6 nitrogen and oxygen atoms in total. The van der Waals surface area contributed by atoms with Gasteiger partial charge in [0.15, 0.2) is 0 Å². The van der Waals surface area contributed by atoms with Crippen LogP contribution in [-0.2, 0) is 14.8 Å². The number of carbonyl (C=O) groups is 1. The summed E-state index contributed by atoms with van der Waals surface area (Å²) in [7, 11) is -1.93. The minimum absolute atomic E-state index is 0. The molecule has 0 spiro atoms. The molecule has 2 rings (SSSR count). The molecule has 0 aromatic heterocycles. The SMILES string of the molecule is CNCCC(=O)N1CCN(S(=O)(=O)c2cc(Cl)ccc2Cl)CC1.Cl. The molecule has 1 saturated heterocycles. The largest absolute Gasteiger partial charge is 0.340 e. The number of carbonyl (C=O) groups excluding carboxylic acids is 1. The molecule has 0 bridgehead atoms. The second kappa shape index (κ2) is 9.22. The van der Waals surface area contributed by atoms with E-state index in [4.69, 9.17) is 23.2 Å². The minimum Gasteiger partial charge on any atom is -0.340 e. The summed E-state index contributed by atoms with van der Waals surface area (Å²) in [4.78, 5) is 13.6. The molecule has 0 saturated carbocycles. The molecule has 0 unspecified atom stereocenters. The van der Waals surface area contributed by atoms with Crippen molar-refractivity contribution in [2.24, 2.45) is 0 Å². The van der Waals surface area contributed by atoms with Gasteiger partial charge in [0, 0.05) is 44.2 Å². The van der Waals surface area contributed by atoms with Gasteiger partial charge >= 0.3 is 0 Å². The van der Waals surface area contributed by atoms with Crippen molar-refractivity contribution in [3.05, 3.63) is 28.2 Å². The number of halogens is 3. The summed E-state index contributed by atoms with van der Waals surface area (Å²) in [6, 6.07) is 4.36. The predicted molar refractivity (Wildman–Crippen MR) is 97.6 cm³/mol. The van der Waals surface area contributed by atoms with Gasteiger partial charge < -0.3 is 10.2 Å². The smallest absolute Gasteiger partial charge is 0.244 e. The van der Waals surface area contributed by atoms with Crippen molar-refractivity contribution >= 4 is 51.5 Å². The van der Waals surface area contributed by atoms with Crippen LogP contribution in [0.3, 0.4) is 0 Å². The first-order valence-electron chi connectivity index (χ1n) is 7.24. The van der Waals surface area contributed by atoms with Gasteiger partial charge in [-0.15, -0.1) is 12.4 Å². The number of hydrogen-bond acceptors (Lipinski definition) is 4. The van der Waals surface area contributed by atoms with Crippen LogP contribution >= 0.6 is 35.6 Å². The molecule has 0 atom stereocenters. The third kappa shape index (κ3) is 4.97.